The molecule has 2 rings (SSSR count). The van der Waals surface area contributed by atoms with Gasteiger partial charge in [0.05, 0.1) is 5.56 Å². The largest absolute Gasteiger partial charge is 0.416 e. The van der Waals surface area contributed by atoms with E-state index in [-0.39, 0.29) is 0 Å². The summed E-state index contributed by atoms with van der Waals surface area (Å²) in [6, 6.07) is 3.17. The summed E-state index contributed by atoms with van der Waals surface area (Å²) >= 11 is 0. The van der Waals surface area contributed by atoms with Crippen molar-refractivity contribution < 1.29 is 34.8 Å². The predicted molar refractivity (Wildman–Crippen MR) is 71.8 cm³/mol. The van der Waals surface area contributed by atoms with Gasteiger partial charge in [0.2, 0.25) is 10.0 Å². The second-order valence-electron chi connectivity index (χ2n) is 4.70. The van der Waals surface area contributed by atoms with E-state index in [2.05, 4.69) is 0 Å². The highest BCUT2D eigenvalue weighted by molar-refractivity contribution is 7.89. The summed E-state index contributed by atoms with van der Waals surface area (Å²) in [5.74, 6) is -3.45. The molecular weight excluding hydrogens is 360 g/mol. The van der Waals surface area contributed by atoms with E-state index in [0.29, 0.717) is 36.4 Å². The molecule has 0 atom stereocenters. The molecule has 0 unspecified atom stereocenters. The van der Waals surface area contributed by atoms with Crippen molar-refractivity contribution in [3.8, 4) is 0 Å². The molecule has 0 saturated carbocycles. The molecule has 0 aliphatic heterocycles. The number of alkyl halides is 3. The van der Waals surface area contributed by atoms with Gasteiger partial charge in [0.1, 0.15) is 22.3 Å². The average molecular weight is 369 g/mol. The maximum absolute atomic E-state index is 13.5. The van der Waals surface area contributed by atoms with E-state index in [1.807, 2.05) is 0 Å². The van der Waals surface area contributed by atoms with Crippen LogP contribution in [0.3, 0.4) is 0 Å². The van der Waals surface area contributed by atoms with Crippen LogP contribution in [0.2, 0.25) is 0 Å². The minimum Gasteiger partial charge on any atom is -0.207 e. The van der Waals surface area contributed by atoms with E-state index in [4.69, 9.17) is 0 Å². The van der Waals surface area contributed by atoms with Gasteiger partial charge in [0.25, 0.3) is 0 Å². The van der Waals surface area contributed by atoms with Crippen LogP contribution in [0.5, 0.6) is 0 Å². The van der Waals surface area contributed by atoms with Crippen LogP contribution in [0.4, 0.5) is 26.3 Å². The number of halogens is 6. The van der Waals surface area contributed by atoms with Crippen molar-refractivity contribution in [3.05, 3.63) is 65.0 Å². The summed E-state index contributed by atoms with van der Waals surface area (Å²) in [6.07, 6.45) is -4.73. The molecule has 2 aromatic carbocycles. The molecule has 2 aromatic rings. The van der Waals surface area contributed by atoms with Crippen molar-refractivity contribution in [2.24, 2.45) is 0 Å². The normalized spacial score (nSPS) is 12.4. The van der Waals surface area contributed by atoms with E-state index in [9.17, 15) is 34.8 Å². The summed E-state index contributed by atoms with van der Waals surface area (Å²) in [5.41, 5.74) is -1.73. The second-order valence-corrected chi connectivity index (χ2v) is 6.44. The Morgan fingerprint density at radius 1 is 0.917 bits per heavy atom. The first-order chi connectivity index (χ1) is 11.0. The van der Waals surface area contributed by atoms with Gasteiger partial charge in [-0.2, -0.15) is 13.2 Å². The Hall–Kier alpha value is -2.07. The van der Waals surface area contributed by atoms with Crippen molar-refractivity contribution in [1.82, 2.24) is 4.72 Å². The van der Waals surface area contributed by atoms with Gasteiger partial charge in [-0.25, -0.2) is 26.3 Å². The van der Waals surface area contributed by atoms with Crippen LogP contribution in [0, 0.1) is 17.5 Å². The quantitative estimate of drug-likeness (QED) is 0.837. The molecule has 0 heterocycles. The first kappa shape index (κ1) is 18.3. The Kier molecular flexibility index (Phi) is 4.90. The van der Waals surface area contributed by atoms with E-state index < -0.39 is 56.2 Å². The van der Waals surface area contributed by atoms with Crippen molar-refractivity contribution in [2.75, 3.05) is 0 Å². The lowest BCUT2D eigenvalue weighted by Crippen LogP contribution is -2.25. The first-order valence-electron chi connectivity index (χ1n) is 6.31. The van der Waals surface area contributed by atoms with Gasteiger partial charge in [-0.3, -0.25) is 0 Å². The van der Waals surface area contributed by atoms with Gasteiger partial charge in [0, 0.05) is 18.2 Å². The summed E-state index contributed by atoms with van der Waals surface area (Å²) in [7, 11) is -4.51. The minimum absolute atomic E-state index is 0.333. The number of hydrogen-bond donors (Lipinski definition) is 1. The zero-order valence-corrected chi connectivity index (χ0v) is 12.5. The van der Waals surface area contributed by atoms with Crippen LogP contribution in [-0.4, -0.2) is 8.42 Å². The third kappa shape index (κ3) is 4.06. The summed E-state index contributed by atoms with van der Waals surface area (Å²) in [4.78, 5) is -0.906. The number of hydrogen-bond acceptors (Lipinski definition) is 2. The summed E-state index contributed by atoms with van der Waals surface area (Å²) < 4.78 is 103. The van der Waals surface area contributed by atoms with E-state index in [1.165, 1.54) is 0 Å². The molecule has 3 nitrogen and oxygen atoms in total. The first-order valence-corrected chi connectivity index (χ1v) is 7.79. The van der Waals surface area contributed by atoms with E-state index in [0.717, 1.165) is 0 Å². The molecule has 0 fully saturated rings. The SMILES string of the molecule is O=S(=O)(NCc1cc(C(F)(F)F)ccc1F)c1ccc(F)cc1F. The smallest absolute Gasteiger partial charge is 0.207 e. The van der Waals surface area contributed by atoms with Gasteiger partial charge >= 0.3 is 6.18 Å². The fourth-order valence-corrected chi connectivity index (χ4v) is 2.89. The minimum atomic E-state index is -4.73. The zero-order chi connectivity index (χ0) is 18.1. The molecule has 0 aromatic heterocycles. The van der Waals surface area contributed by atoms with Gasteiger partial charge in [-0.05, 0) is 30.3 Å². The molecule has 0 saturated heterocycles. The highest BCUT2D eigenvalue weighted by Crippen LogP contribution is 2.30. The van der Waals surface area contributed by atoms with Crippen molar-refractivity contribution in [1.29, 1.82) is 0 Å². The van der Waals surface area contributed by atoms with Gasteiger partial charge in [0.15, 0.2) is 0 Å². The third-order valence-electron chi connectivity index (χ3n) is 3.01. The summed E-state index contributed by atoms with van der Waals surface area (Å²) in [5, 5.41) is 0. The Balaban J connectivity index is 2.27. The van der Waals surface area contributed by atoms with Gasteiger partial charge < -0.3 is 0 Å². The molecule has 24 heavy (non-hydrogen) atoms. The standard InChI is InChI=1S/C14H9F6NO2S/c15-10-2-4-13(12(17)6-10)24(22,23)21-7-8-5-9(14(18,19)20)1-3-11(8)16/h1-6,21H,7H2. The highest BCUT2D eigenvalue weighted by atomic mass is 32.2. The Bertz CT molecular complexity index is 864. The predicted octanol–water partition coefficient (Wildman–Crippen LogP) is 3.60. The number of sulfonamides is 1. The van der Waals surface area contributed by atoms with E-state index in [1.54, 1.807) is 4.72 Å². The third-order valence-corrected chi connectivity index (χ3v) is 4.44. The molecule has 0 bridgehead atoms. The van der Waals surface area contributed by atoms with Crippen LogP contribution in [0.25, 0.3) is 0 Å². The van der Waals surface area contributed by atoms with Gasteiger partial charge in [-0.1, -0.05) is 0 Å². The molecular formula is C14H9F6NO2S. The Morgan fingerprint density at radius 3 is 2.17 bits per heavy atom. The lowest BCUT2D eigenvalue weighted by Gasteiger charge is -2.11. The fraction of sp³-hybridized carbons (Fsp3) is 0.143. The lowest BCUT2D eigenvalue weighted by molar-refractivity contribution is -0.137. The molecule has 130 valence electrons. The molecule has 10 heteroatoms. The van der Waals surface area contributed by atoms with Crippen LogP contribution in [0.15, 0.2) is 41.3 Å². The van der Waals surface area contributed by atoms with Crippen LogP contribution >= 0.6 is 0 Å². The van der Waals surface area contributed by atoms with E-state index >= 15 is 0 Å². The Labute approximate surface area is 133 Å². The van der Waals surface area contributed by atoms with Gasteiger partial charge in [-0.15, -0.1) is 0 Å². The molecule has 0 radical (unpaired) electrons. The lowest BCUT2D eigenvalue weighted by atomic mass is 10.1. The zero-order valence-electron chi connectivity index (χ0n) is 11.7. The number of rotatable bonds is 4. The van der Waals surface area contributed by atoms with Crippen molar-refractivity contribution in [3.63, 3.8) is 0 Å². The molecule has 0 spiro atoms. The molecule has 0 aliphatic carbocycles. The van der Waals surface area contributed by atoms with Crippen molar-refractivity contribution in [2.45, 2.75) is 17.6 Å². The highest BCUT2D eigenvalue weighted by Gasteiger charge is 2.31. The average Bonchev–Trinajstić information content (AvgIpc) is 2.44. The number of nitrogens with one attached hydrogen (secondary N) is 1. The molecule has 0 amide bonds. The maximum atomic E-state index is 13.5. The van der Waals surface area contributed by atoms with Crippen LogP contribution in [0.1, 0.15) is 11.1 Å². The van der Waals surface area contributed by atoms with Crippen LogP contribution < -0.4 is 4.72 Å². The molecule has 0 aliphatic rings. The van der Waals surface area contributed by atoms with Crippen molar-refractivity contribution >= 4 is 10.0 Å². The fourth-order valence-electron chi connectivity index (χ4n) is 1.83. The number of benzene rings is 2. The second kappa shape index (κ2) is 6.44. The topological polar surface area (TPSA) is 46.2 Å². The molecule has 1 N–H and O–H groups in total. The van der Waals surface area contributed by atoms with Crippen LogP contribution in [-0.2, 0) is 22.7 Å². The maximum Gasteiger partial charge on any atom is 0.416 e. The monoisotopic (exact) mass is 369 g/mol. The summed E-state index contributed by atoms with van der Waals surface area (Å²) in [6.45, 7) is -0.838. The Morgan fingerprint density at radius 2 is 1.58 bits per heavy atom.